The lowest BCUT2D eigenvalue weighted by Crippen LogP contribution is -2.24. The van der Waals surface area contributed by atoms with Crippen LogP contribution in [0.25, 0.3) is 0 Å². The van der Waals surface area contributed by atoms with Gasteiger partial charge in [0, 0.05) is 22.6 Å². The number of aliphatic hydroxyl groups is 1. The van der Waals surface area contributed by atoms with Crippen molar-refractivity contribution in [3.05, 3.63) is 50.9 Å². The van der Waals surface area contributed by atoms with E-state index >= 15 is 0 Å². The van der Waals surface area contributed by atoms with Gasteiger partial charge in [0.15, 0.2) is 0 Å². The minimum Gasteiger partial charge on any atom is -0.387 e. The summed E-state index contributed by atoms with van der Waals surface area (Å²) in [6.45, 7) is 3.44. The minimum absolute atomic E-state index is 0.538. The lowest BCUT2D eigenvalue weighted by atomic mass is 10.1. The number of aryl methyl sites for hydroxylation is 1. The Morgan fingerprint density at radius 3 is 2.90 bits per heavy atom. The van der Waals surface area contributed by atoms with Crippen molar-refractivity contribution < 1.29 is 5.11 Å². The van der Waals surface area contributed by atoms with Crippen LogP contribution in [0.2, 0.25) is 5.02 Å². The quantitative estimate of drug-likeness (QED) is 0.887. The molecule has 1 N–H and O–H groups in total. The first-order valence-corrected chi connectivity index (χ1v) is 7.83. The van der Waals surface area contributed by atoms with Crippen LogP contribution in [0.5, 0.6) is 0 Å². The van der Waals surface area contributed by atoms with Crippen LogP contribution in [0.1, 0.15) is 28.5 Å². The summed E-state index contributed by atoms with van der Waals surface area (Å²) in [4.78, 5) is 7.76. The van der Waals surface area contributed by atoms with Gasteiger partial charge in [0.1, 0.15) is 5.01 Å². The molecule has 2 aromatic rings. The van der Waals surface area contributed by atoms with Crippen molar-refractivity contribution in [1.82, 2.24) is 9.88 Å². The molecule has 0 aliphatic heterocycles. The van der Waals surface area contributed by atoms with E-state index in [-0.39, 0.29) is 0 Å². The van der Waals surface area contributed by atoms with Crippen molar-refractivity contribution in [1.29, 1.82) is 0 Å². The number of hydrogen-bond donors (Lipinski definition) is 1. The van der Waals surface area contributed by atoms with E-state index in [0.717, 1.165) is 23.5 Å². The van der Waals surface area contributed by atoms with Crippen molar-refractivity contribution >= 4 is 22.9 Å². The van der Waals surface area contributed by atoms with Gasteiger partial charge in [0.25, 0.3) is 0 Å². The van der Waals surface area contributed by atoms with Crippen molar-refractivity contribution in [2.45, 2.75) is 26.0 Å². The van der Waals surface area contributed by atoms with E-state index in [9.17, 15) is 5.11 Å². The van der Waals surface area contributed by atoms with Gasteiger partial charge in [-0.15, -0.1) is 11.3 Å². The molecule has 0 amide bonds. The fraction of sp³-hybridized carbons (Fsp3) is 0.400. The third kappa shape index (κ3) is 4.28. The first-order chi connectivity index (χ1) is 9.58. The van der Waals surface area contributed by atoms with Gasteiger partial charge in [0.2, 0.25) is 0 Å². The van der Waals surface area contributed by atoms with Crippen LogP contribution in [0.4, 0.5) is 0 Å². The van der Waals surface area contributed by atoms with Gasteiger partial charge in [-0.2, -0.15) is 0 Å². The highest BCUT2D eigenvalue weighted by Gasteiger charge is 2.12. The molecule has 0 fully saturated rings. The summed E-state index contributed by atoms with van der Waals surface area (Å²) < 4.78 is 0. The number of benzene rings is 1. The third-order valence-electron chi connectivity index (χ3n) is 3.07. The average molecular weight is 311 g/mol. The Kier molecular flexibility index (Phi) is 5.54. The normalized spacial score (nSPS) is 12.8. The lowest BCUT2D eigenvalue weighted by molar-refractivity contribution is 0.124. The molecule has 1 aromatic heterocycles. The highest BCUT2D eigenvalue weighted by atomic mass is 35.5. The molecule has 5 heteroatoms. The van der Waals surface area contributed by atoms with E-state index in [1.54, 1.807) is 17.4 Å². The Balaban J connectivity index is 1.92. The summed E-state index contributed by atoms with van der Waals surface area (Å²) in [5.74, 6) is 0. The van der Waals surface area contributed by atoms with Crippen molar-refractivity contribution in [2.75, 3.05) is 13.6 Å². The highest BCUT2D eigenvalue weighted by Crippen LogP contribution is 2.20. The van der Waals surface area contributed by atoms with Crippen LogP contribution in [0, 0.1) is 0 Å². The molecule has 0 saturated carbocycles. The van der Waals surface area contributed by atoms with Crippen molar-refractivity contribution in [3.8, 4) is 0 Å². The smallest absolute Gasteiger partial charge is 0.107 e. The molecular formula is C15H19ClN2OS. The zero-order chi connectivity index (χ0) is 14.5. The van der Waals surface area contributed by atoms with Crippen LogP contribution >= 0.6 is 22.9 Å². The van der Waals surface area contributed by atoms with Crippen LogP contribution in [0.15, 0.2) is 30.5 Å². The highest BCUT2D eigenvalue weighted by molar-refractivity contribution is 7.11. The predicted octanol–water partition coefficient (Wildman–Crippen LogP) is 3.52. The standard InChI is InChI=1S/C15H19ClN2OS/c1-3-13-8-17-15(20-13)10-18(2)9-14(19)11-5-4-6-12(16)7-11/h4-8,14,19H,3,9-10H2,1-2H3. The van der Waals surface area contributed by atoms with E-state index in [4.69, 9.17) is 11.6 Å². The van der Waals surface area contributed by atoms with E-state index in [1.807, 2.05) is 31.4 Å². The number of likely N-dealkylation sites (N-methyl/N-ethyl adjacent to an activating group) is 1. The molecule has 1 unspecified atom stereocenters. The largest absolute Gasteiger partial charge is 0.387 e. The van der Waals surface area contributed by atoms with Crippen molar-refractivity contribution in [3.63, 3.8) is 0 Å². The number of aliphatic hydroxyl groups excluding tert-OH is 1. The second-order valence-corrected chi connectivity index (χ2v) is 6.48. The first-order valence-electron chi connectivity index (χ1n) is 6.64. The van der Waals surface area contributed by atoms with Gasteiger partial charge >= 0.3 is 0 Å². The topological polar surface area (TPSA) is 36.4 Å². The zero-order valence-electron chi connectivity index (χ0n) is 11.7. The van der Waals surface area contributed by atoms with Crippen LogP contribution in [-0.4, -0.2) is 28.6 Å². The lowest BCUT2D eigenvalue weighted by Gasteiger charge is -2.19. The second-order valence-electron chi connectivity index (χ2n) is 4.84. The molecule has 0 radical (unpaired) electrons. The Bertz CT molecular complexity index is 558. The summed E-state index contributed by atoms with van der Waals surface area (Å²) in [5.41, 5.74) is 0.845. The van der Waals surface area contributed by atoms with E-state index in [2.05, 4.69) is 16.8 Å². The Hall–Kier alpha value is -0.940. The Morgan fingerprint density at radius 2 is 2.25 bits per heavy atom. The summed E-state index contributed by atoms with van der Waals surface area (Å²) in [7, 11) is 1.99. The predicted molar refractivity (Wildman–Crippen MR) is 84.2 cm³/mol. The summed E-state index contributed by atoms with van der Waals surface area (Å²) in [6.07, 6.45) is 2.41. The molecule has 2 rings (SSSR count). The fourth-order valence-electron chi connectivity index (χ4n) is 1.99. The van der Waals surface area contributed by atoms with Gasteiger partial charge in [-0.3, -0.25) is 4.90 Å². The third-order valence-corrected chi connectivity index (χ3v) is 4.43. The summed E-state index contributed by atoms with van der Waals surface area (Å²) >= 11 is 7.67. The van der Waals surface area contributed by atoms with Gasteiger partial charge in [-0.05, 0) is 31.2 Å². The van der Waals surface area contributed by atoms with Gasteiger partial charge in [-0.1, -0.05) is 30.7 Å². The monoisotopic (exact) mass is 310 g/mol. The van der Waals surface area contributed by atoms with Crippen LogP contribution < -0.4 is 0 Å². The molecule has 0 spiro atoms. The molecule has 0 bridgehead atoms. The molecule has 1 aromatic carbocycles. The molecule has 1 heterocycles. The maximum Gasteiger partial charge on any atom is 0.107 e. The molecule has 0 aliphatic rings. The average Bonchev–Trinajstić information content (AvgIpc) is 2.86. The number of nitrogens with zero attached hydrogens (tertiary/aromatic N) is 2. The van der Waals surface area contributed by atoms with E-state index in [1.165, 1.54) is 4.88 Å². The molecule has 20 heavy (non-hydrogen) atoms. The maximum atomic E-state index is 10.2. The molecule has 108 valence electrons. The van der Waals surface area contributed by atoms with E-state index in [0.29, 0.717) is 11.6 Å². The van der Waals surface area contributed by atoms with Gasteiger partial charge in [0.05, 0.1) is 12.6 Å². The van der Waals surface area contributed by atoms with Crippen LogP contribution in [-0.2, 0) is 13.0 Å². The van der Waals surface area contributed by atoms with Crippen molar-refractivity contribution in [2.24, 2.45) is 0 Å². The number of aromatic nitrogens is 1. The summed E-state index contributed by atoms with van der Waals surface area (Å²) in [6, 6.07) is 7.36. The number of thiazole rings is 1. The SMILES string of the molecule is CCc1cnc(CN(C)CC(O)c2cccc(Cl)c2)s1. The molecular weight excluding hydrogens is 292 g/mol. The number of rotatable bonds is 6. The molecule has 0 saturated heterocycles. The zero-order valence-corrected chi connectivity index (χ0v) is 13.3. The van der Waals surface area contributed by atoms with Crippen LogP contribution in [0.3, 0.4) is 0 Å². The maximum absolute atomic E-state index is 10.2. The fourth-order valence-corrected chi connectivity index (χ4v) is 3.14. The second kappa shape index (κ2) is 7.18. The van der Waals surface area contributed by atoms with E-state index < -0.39 is 6.10 Å². The number of halogens is 1. The first kappa shape index (κ1) is 15.4. The molecule has 3 nitrogen and oxygen atoms in total. The Labute approximate surface area is 128 Å². The summed E-state index contributed by atoms with van der Waals surface area (Å²) in [5, 5.41) is 12.0. The van der Waals surface area contributed by atoms with Gasteiger partial charge < -0.3 is 5.11 Å². The molecule has 0 aliphatic carbocycles. The molecule has 1 atom stereocenters. The Morgan fingerprint density at radius 1 is 1.45 bits per heavy atom. The minimum atomic E-state index is -0.538. The van der Waals surface area contributed by atoms with Gasteiger partial charge in [-0.25, -0.2) is 4.98 Å². The number of hydrogen-bond acceptors (Lipinski definition) is 4.